The van der Waals surface area contributed by atoms with Crippen LogP contribution in [0.15, 0.2) is 47.4 Å². The van der Waals surface area contributed by atoms with Crippen molar-refractivity contribution in [3.63, 3.8) is 0 Å². The van der Waals surface area contributed by atoms with Gasteiger partial charge < -0.3 is 9.88 Å². The summed E-state index contributed by atoms with van der Waals surface area (Å²) in [6.07, 6.45) is 3.39. The van der Waals surface area contributed by atoms with Gasteiger partial charge in [0.05, 0.1) is 10.5 Å². The molecule has 1 aliphatic rings. The predicted octanol–water partition coefficient (Wildman–Crippen LogP) is 5.03. The van der Waals surface area contributed by atoms with Gasteiger partial charge in [-0.3, -0.25) is 9.59 Å². The third-order valence-corrected chi connectivity index (χ3v) is 4.87. The molecule has 7 heteroatoms. The van der Waals surface area contributed by atoms with Gasteiger partial charge in [-0.25, -0.2) is 4.39 Å². The minimum absolute atomic E-state index is 0.0499. The standard InChI is InChI=1S/C19H13Cl2FN2O2/c20-10-2-1-3-11(6-10)23-19(26)14-9-24(12-4-5-12)17-8-15(21)16(22)7-13(17)18(14)25/h1-3,6-9,12H,4-5H2,(H,23,26). The highest BCUT2D eigenvalue weighted by Gasteiger charge is 2.27. The molecule has 0 aliphatic heterocycles. The largest absolute Gasteiger partial charge is 0.343 e. The number of carbonyl (C=O) groups is 1. The summed E-state index contributed by atoms with van der Waals surface area (Å²) < 4.78 is 15.7. The van der Waals surface area contributed by atoms with E-state index in [9.17, 15) is 14.0 Å². The van der Waals surface area contributed by atoms with Gasteiger partial charge in [0.15, 0.2) is 0 Å². The van der Waals surface area contributed by atoms with Crippen LogP contribution in [-0.4, -0.2) is 10.5 Å². The Labute approximate surface area is 158 Å². The van der Waals surface area contributed by atoms with E-state index in [0.717, 1.165) is 18.9 Å². The van der Waals surface area contributed by atoms with Crippen molar-refractivity contribution >= 4 is 45.7 Å². The summed E-state index contributed by atoms with van der Waals surface area (Å²) in [5.41, 5.74) is 0.420. The molecule has 0 unspecified atom stereocenters. The number of benzene rings is 2. The van der Waals surface area contributed by atoms with Crippen LogP contribution in [0.2, 0.25) is 10.0 Å². The van der Waals surface area contributed by atoms with Crippen LogP contribution in [0.3, 0.4) is 0 Å². The molecule has 1 aliphatic carbocycles. The molecule has 4 nitrogen and oxygen atoms in total. The summed E-state index contributed by atoms with van der Waals surface area (Å²) in [6, 6.07) is 9.33. The van der Waals surface area contributed by atoms with Gasteiger partial charge in [0, 0.05) is 28.3 Å². The van der Waals surface area contributed by atoms with Crippen molar-refractivity contribution in [2.45, 2.75) is 18.9 Å². The lowest BCUT2D eigenvalue weighted by Gasteiger charge is -2.13. The first kappa shape index (κ1) is 17.1. The second-order valence-electron chi connectivity index (χ2n) is 6.26. The number of amides is 1. The van der Waals surface area contributed by atoms with Crippen LogP contribution in [0, 0.1) is 5.82 Å². The van der Waals surface area contributed by atoms with Gasteiger partial charge in [-0.05, 0) is 43.2 Å². The molecule has 3 aromatic rings. The van der Waals surface area contributed by atoms with Gasteiger partial charge in [0.1, 0.15) is 11.4 Å². The molecule has 26 heavy (non-hydrogen) atoms. The van der Waals surface area contributed by atoms with Crippen LogP contribution in [-0.2, 0) is 0 Å². The van der Waals surface area contributed by atoms with E-state index < -0.39 is 17.2 Å². The average Bonchev–Trinajstić information content (AvgIpc) is 3.42. The topological polar surface area (TPSA) is 51.1 Å². The Kier molecular flexibility index (Phi) is 4.21. The van der Waals surface area contributed by atoms with E-state index in [1.54, 1.807) is 24.3 Å². The van der Waals surface area contributed by atoms with Crippen LogP contribution < -0.4 is 10.7 Å². The van der Waals surface area contributed by atoms with Crippen molar-refractivity contribution in [1.82, 2.24) is 4.57 Å². The zero-order valence-corrected chi connectivity index (χ0v) is 14.9. The fourth-order valence-corrected chi connectivity index (χ4v) is 3.27. The van der Waals surface area contributed by atoms with Gasteiger partial charge in [0.2, 0.25) is 5.43 Å². The fraction of sp³-hybridized carbons (Fsp3) is 0.158. The molecule has 1 amide bonds. The predicted molar refractivity (Wildman–Crippen MR) is 101 cm³/mol. The number of hydrogen-bond donors (Lipinski definition) is 1. The van der Waals surface area contributed by atoms with Crippen molar-refractivity contribution < 1.29 is 9.18 Å². The van der Waals surface area contributed by atoms with Crippen LogP contribution in [0.5, 0.6) is 0 Å². The molecule has 1 heterocycles. The van der Waals surface area contributed by atoms with Crippen molar-refractivity contribution in [2.75, 3.05) is 5.32 Å². The van der Waals surface area contributed by atoms with Crippen LogP contribution >= 0.6 is 23.2 Å². The van der Waals surface area contributed by atoms with Crippen LogP contribution in [0.1, 0.15) is 29.2 Å². The van der Waals surface area contributed by atoms with Crippen molar-refractivity contribution in [3.05, 3.63) is 74.2 Å². The van der Waals surface area contributed by atoms with Crippen molar-refractivity contribution in [3.8, 4) is 0 Å². The monoisotopic (exact) mass is 390 g/mol. The minimum atomic E-state index is -0.689. The molecule has 1 aromatic heterocycles. The number of aromatic nitrogens is 1. The zero-order chi connectivity index (χ0) is 18.4. The van der Waals surface area contributed by atoms with Crippen molar-refractivity contribution in [1.29, 1.82) is 0 Å². The summed E-state index contributed by atoms with van der Waals surface area (Å²) in [4.78, 5) is 25.4. The van der Waals surface area contributed by atoms with Gasteiger partial charge in [-0.1, -0.05) is 29.3 Å². The summed E-state index contributed by atoms with van der Waals surface area (Å²) in [7, 11) is 0. The molecule has 0 spiro atoms. The zero-order valence-electron chi connectivity index (χ0n) is 13.4. The molecule has 1 fully saturated rings. The second-order valence-corrected chi connectivity index (χ2v) is 7.10. The Morgan fingerprint density at radius 2 is 1.96 bits per heavy atom. The SMILES string of the molecule is O=C(Nc1cccc(Cl)c1)c1cn(C2CC2)c2cc(Cl)c(F)cc2c1=O. The lowest BCUT2D eigenvalue weighted by Crippen LogP contribution is -2.24. The normalized spacial score (nSPS) is 13.8. The molecule has 0 bridgehead atoms. The number of halogens is 3. The quantitative estimate of drug-likeness (QED) is 0.681. The summed E-state index contributed by atoms with van der Waals surface area (Å²) >= 11 is 11.8. The van der Waals surface area contributed by atoms with Gasteiger partial charge in [0.25, 0.3) is 5.91 Å². The number of carbonyl (C=O) groups excluding carboxylic acids is 1. The maximum absolute atomic E-state index is 13.9. The van der Waals surface area contributed by atoms with E-state index in [-0.39, 0.29) is 22.0 Å². The number of rotatable bonds is 3. The lowest BCUT2D eigenvalue weighted by molar-refractivity contribution is 0.102. The molecule has 1 N–H and O–H groups in total. The molecule has 132 valence electrons. The average molecular weight is 391 g/mol. The third kappa shape index (κ3) is 3.08. The summed E-state index contributed by atoms with van der Waals surface area (Å²) in [5, 5.41) is 3.21. The number of anilines is 1. The number of nitrogens with one attached hydrogen (secondary N) is 1. The number of hydrogen-bond acceptors (Lipinski definition) is 2. The van der Waals surface area contributed by atoms with Gasteiger partial charge >= 0.3 is 0 Å². The first-order valence-electron chi connectivity index (χ1n) is 8.05. The van der Waals surface area contributed by atoms with Crippen molar-refractivity contribution in [2.24, 2.45) is 0 Å². The summed E-state index contributed by atoms with van der Waals surface area (Å²) in [5.74, 6) is -1.25. The first-order valence-corrected chi connectivity index (χ1v) is 8.80. The van der Waals surface area contributed by atoms with Crippen LogP contribution in [0.4, 0.5) is 10.1 Å². The van der Waals surface area contributed by atoms with Crippen LogP contribution in [0.25, 0.3) is 10.9 Å². The van der Waals surface area contributed by atoms with E-state index in [1.807, 2.05) is 4.57 Å². The molecular formula is C19H13Cl2FN2O2. The Bertz CT molecular complexity index is 1110. The first-order chi connectivity index (χ1) is 12.4. The van der Waals surface area contributed by atoms with E-state index >= 15 is 0 Å². The molecular weight excluding hydrogens is 378 g/mol. The maximum atomic E-state index is 13.9. The van der Waals surface area contributed by atoms with Gasteiger partial charge in [-0.15, -0.1) is 0 Å². The third-order valence-electron chi connectivity index (χ3n) is 4.34. The number of fused-ring (bicyclic) bond motifs is 1. The summed E-state index contributed by atoms with van der Waals surface area (Å²) in [6.45, 7) is 0. The number of pyridine rings is 1. The lowest BCUT2D eigenvalue weighted by atomic mass is 10.1. The van der Waals surface area contributed by atoms with E-state index in [4.69, 9.17) is 23.2 Å². The van der Waals surface area contributed by atoms with E-state index in [0.29, 0.717) is 16.2 Å². The molecule has 0 saturated heterocycles. The molecule has 1 saturated carbocycles. The van der Waals surface area contributed by atoms with Gasteiger partial charge in [-0.2, -0.15) is 0 Å². The highest BCUT2D eigenvalue weighted by molar-refractivity contribution is 6.31. The Balaban J connectivity index is 1.84. The highest BCUT2D eigenvalue weighted by Crippen LogP contribution is 2.37. The highest BCUT2D eigenvalue weighted by atomic mass is 35.5. The Morgan fingerprint density at radius 1 is 1.19 bits per heavy atom. The molecule has 4 rings (SSSR count). The molecule has 0 atom stereocenters. The Morgan fingerprint density at radius 3 is 2.65 bits per heavy atom. The maximum Gasteiger partial charge on any atom is 0.261 e. The van der Waals surface area contributed by atoms with E-state index in [1.165, 1.54) is 12.3 Å². The van der Waals surface area contributed by atoms with E-state index in [2.05, 4.69) is 5.32 Å². The second kappa shape index (κ2) is 6.41. The molecule has 2 aromatic carbocycles. The fourth-order valence-electron chi connectivity index (χ4n) is 2.93. The Hall–Kier alpha value is -2.37. The molecule has 0 radical (unpaired) electrons. The minimum Gasteiger partial charge on any atom is -0.343 e. The smallest absolute Gasteiger partial charge is 0.261 e. The number of nitrogens with zero attached hydrogens (tertiary/aromatic N) is 1.